The number of Topliss-reactive ketones (excluding diaryl/α,β-unsaturated/α-hetero) is 1. The van der Waals surface area contributed by atoms with Crippen LogP contribution in [0.2, 0.25) is 0 Å². The third-order valence-corrected chi connectivity index (χ3v) is 1.30. The van der Waals surface area contributed by atoms with Gasteiger partial charge in [-0.2, -0.15) is 0 Å². The molecule has 112 valence electrons. The Balaban J connectivity index is -0.000000219. The zero-order valence-corrected chi connectivity index (χ0v) is 10.8. The molecule has 9 nitrogen and oxygen atoms in total. The predicted molar refractivity (Wildman–Crippen MR) is 65.5 cm³/mol. The van der Waals surface area contributed by atoms with E-state index in [0.29, 0.717) is 0 Å². The molecule has 0 heterocycles. The van der Waals surface area contributed by atoms with Gasteiger partial charge in [-0.1, -0.05) is 6.92 Å². The van der Waals surface area contributed by atoms with Gasteiger partial charge >= 0.3 is 17.9 Å². The summed E-state index contributed by atoms with van der Waals surface area (Å²) in [7, 11) is 0. The number of carbonyl (C=O) groups excluding carboxylic acids is 1. The number of aliphatic carboxylic acids is 3. The second-order valence-electron chi connectivity index (χ2n) is 3.20. The molecule has 1 unspecified atom stereocenters. The third kappa shape index (κ3) is 31.4. The number of carboxylic acid groups (broad SMARTS) is 3. The molecule has 0 rings (SSSR count). The molecule has 0 spiro atoms. The molecule has 0 saturated carbocycles. The number of rotatable bonds is 5. The van der Waals surface area contributed by atoms with Crippen molar-refractivity contribution in [3.63, 3.8) is 0 Å². The molecule has 19 heavy (non-hydrogen) atoms. The van der Waals surface area contributed by atoms with Crippen LogP contribution in [0.1, 0.15) is 26.7 Å². The van der Waals surface area contributed by atoms with Crippen LogP contribution in [0.3, 0.4) is 0 Å². The van der Waals surface area contributed by atoms with Gasteiger partial charge in [0.1, 0.15) is 11.8 Å². The molecule has 1 atom stereocenters. The largest absolute Gasteiger partial charge is 0.481 e. The van der Waals surface area contributed by atoms with E-state index < -0.39 is 23.9 Å². The first-order chi connectivity index (χ1) is 8.58. The number of nitrogens with two attached hydrogens (primary N) is 2. The van der Waals surface area contributed by atoms with Crippen LogP contribution in [0.25, 0.3) is 0 Å². The summed E-state index contributed by atoms with van der Waals surface area (Å²) in [5.41, 5.74) is 9.57. The van der Waals surface area contributed by atoms with Gasteiger partial charge in [0.2, 0.25) is 0 Å². The fourth-order valence-corrected chi connectivity index (χ4v) is 0.397. The number of ketones is 1. The minimum Gasteiger partial charge on any atom is -0.481 e. The Morgan fingerprint density at radius 2 is 1.37 bits per heavy atom. The number of carbonyl (C=O) groups is 4. The van der Waals surface area contributed by atoms with Crippen LogP contribution in [-0.4, -0.2) is 51.6 Å². The summed E-state index contributed by atoms with van der Waals surface area (Å²) in [6.07, 6.45) is 0.134. The maximum Gasteiger partial charge on any atom is 0.320 e. The summed E-state index contributed by atoms with van der Waals surface area (Å²) in [6.45, 7) is 2.63. The monoisotopic (exact) mass is 280 g/mol. The van der Waals surface area contributed by atoms with Crippen LogP contribution in [-0.2, 0) is 19.2 Å². The highest BCUT2D eigenvalue weighted by Gasteiger charge is 2.12. The minimum atomic E-state index is -1.13. The van der Waals surface area contributed by atoms with Crippen molar-refractivity contribution in [1.29, 1.82) is 0 Å². The minimum absolute atomic E-state index is 0.0880. The molecule has 0 saturated heterocycles. The highest BCUT2D eigenvalue weighted by Crippen LogP contribution is 1.87. The van der Waals surface area contributed by atoms with Gasteiger partial charge in [0.05, 0.1) is 6.54 Å². The molecule has 0 aromatic heterocycles. The fourth-order valence-electron chi connectivity index (χ4n) is 0.397. The van der Waals surface area contributed by atoms with E-state index in [-0.39, 0.29) is 25.2 Å². The first-order valence-electron chi connectivity index (χ1n) is 5.19. The first-order valence-corrected chi connectivity index (χ1v) is 5.19. The van der Waals surface area contributed by atoms with Gasteiger partial charge in [0, 0.05) is 12.8 Å². The third-order valence-electron chi connectivity index (χ3n) is 1.30. The lowest BCUT2D eigenvalue weighted by Crippen LogP contribution is -2.31. The normalized spacial score (nSPS) is 9.89. The highest BCUT2D eigenvalue weighted by atomic mass is 16.4. The van der Waals surface area contributed by atoms with E-state index in [1.165, 1.54) is 6.92 Å². The zero-order chi connectivity index (χ0) is 16.0. The Morgan fingerprint density at radius 1 is 1.05 bits per heavy atom. The Morgan fingerprint density at radius 3 is 1.42 bits per heavy atom. The van der Waals surface area contributed by atoms with Crippen molar-refractivity contribution in [2.45, 2.75) is 32.7 Å². The Hall–Kier alpha value is -2.00. The van der Waals surface area contributed by atoms with Crippen molar-refractivity contribution in [2.75, 3.05) is 6.54 Å². The van der Waals surface area contributed by atoms with E-state index in [1.807, 2.05) is 0 Å². The Kier molecular flexibility index (Phi) is 16.4. The lowest BCUT2D eigenvalue weighted by atomic mass is 10.2. The second-order valence-corrected chi connectivity index (χ2v) is 3.20. The number of carboxylic acids is 3. The lowest BCUT2D eigenvalue weighted by molar-refractivity contribution is -0.140. The van der Waals surface area contributed by atoms with E-state index in [1.54, 1.807) is 6.92 Å². The molecule has 0 aromatic carbocycles. The molecule has 0 aliphatic carbocycles. The van der Waals surface area contributed by atoms with Crippen molar-refractivity contribution in [3.05, 3.63) is 0 Å². The molecule has 0 aliphatic rings. The summed E-state index contributed by atoms with van der Waals surface area (Å²) < 4.78 is 0. The van der Waals surface area contributed by atoms with Crippen LogP contribution in [0.5, 0.6) is 0 Å². The molecule has 9 heteroatoms. The maximum absolute atomic E-state index is 10.2. The summed E-state index contributed by atoms with van der Waals surface area (Å²) >= 11 is 0. The summed E-state index contributed by atoms with van der Waals surface area (Å²) in [6, 6.07) is -1.04. The molecule has 0 bridgehead atoms. The van der Waals surface area contributed by atoms with Gasteiger partial charge in [0.15, 0.2) is 0 Å². The average Bonchev–Trinajstić information content (AvgIpc) is 2.29. The summed E-state index contributed by atoms with van der Waals surface area (Å²) in [5, 5.41) is 23.5. The van der Waals surface area contributed by atoms with Crippen LogP contribution in [0.15, 0.2) is 0 Å². The van der Waals surface area contributed by atoms with Gasteiger partial charge in [-0.05, 0) is 6.92 Å². The molecule has 7 N–H and O–H groups in total. The SMILES string of the molecule is CC(=O)CC(N)C(=O)O.CCC(=O)O.NCC(=O)O. The van der Waals surface area contributed by atoms with Crippen LogP contribution in [0, 0.1) is 0 Å². The predicted octanol–water partition coefficient (Wildman–Crippen LogP) is -1.11. The van der Waals surface area contributed by atoms with Crippen molar-refractivity contribution >= 4 is 23.7 Å². The van der Waals surface area contributed by atoms with Crippen LogP contribution < -0.4 is 11.5 Å². The smallest absolute Gasteiger partial charge is 0.320 e. The molecule has 0 aliphatic heterocycles. The molecule has 0 amide bonds. The number of hydrogen-bond acceptors (Lipinski definition) is 6. The van der Waals surface area contributed by atoms with Gasteiger partial charge < -0.3 is 26.8 Å². The fraction of sp³-hybridized carbons (Fsp3) is 0.600. The second kappa shape index (κ2) is 14.1. The van der Waals surface area contributed by atoms with E-state index in [2.05, 4.69) is 5.73 Å². The van der Waals surface area contributed by atoms with Crippen molar-refractivity contribution in [1.82, 2.24) is 0 Å². The van der Waals surface area contributed by atoms with E-state index in [0.717, 1.165) is 0 Å². The Bertz CT molecular complexity index is 290. The molecular weight excluding hydrogens is 260 g/mol. The standard InChI is InChI=1S/C5H9NO3.C3H6O2.C2H5NO2/c1-3(7)2-4(6)5(8)9;1-2-3(4)5;3-1-2(4)5/h4H,2,6H2,1H3,(H,8,9);2H2,1H3,(H,4,5);1,3H2,(H,4,5). The highest BCUT2D eigenvalue weighted by molar-refractivity contribution is 5.83. The van der Waals surface area contributed by atoms with Crippen LogP contribution >= 0.6 is 0 Å². The molecule has 0 radical (unpaired) electrons. The summed E-state index contributed by atoms with van der Waals surface area (Å²) in [5.74, 6) is -3.05. The molecular formula is C10H20N2O7. The van der Waals surface area contributed by atoms with E-state index in [4.69, 9.17) is 21.1 Å². The van der Waals surface area contributed by atoms with Gasteiger partial charge in [0.25, 0.3) is 0 Å². The molecule has 0 aromatic rings. The van der Waals surface area contributed by atoms with Crippen molar-refractivity contribution < 1.29 is 34.5 Å². The average molecular weight is 280 g/mol. The van der Waals surface area contributed by atoms with E-state index in [9.17, 15) is 19.2 Å². The van der Waals surface area contributed by atoms with Gasteiger partial charge in [-0.3, -0.25) is 19.2 Å². The van der Waals surface area contributed by atoms with Crippen LogP contribution in [0.4, 0.5) is 0 Å². The maximum atomic E-state index is 10.2. The van der Waals surface area contributed by atoms with Crippen molar-refractivity contribution in [2.24, 2.45) is 11.5 Å². The van der Waals surface area contributed by atoms with Gasteiger partial charge in [-0.25, -0.2) is 0 Å². The first kappa shape index (κ1) is 22.2. The Labute approximate surface area is 110 Å². The van der Waals surface area contributed by atoms with E-state index >= 15 is 0 Å². The topological polar surface area (TPSA) is 181 Å². The molecule has 0 fully saturated rings. The van der Waals surface area contributed by atoms with Gasteiger partial charge in [-0.15, -0.1) is 0 Å². The van der Waals surface area contributed by atoms with Crippen molar-refractivity contribution in [3.8, 4) is 0 Å². The summed E-state index contributed by atoms with van der Waals surface area (Å²) in [4.78, 5) is 38.8. The quantitative estimate of drug-likeness (QED) is 0.416. The zero-order valence-electron chi connectivity index (χ0n) is 10.8. The lowest BCUT2D eigenvalue weighted by Gasteiger charge is -2.00. The number of hydrogen-bond donors (Lipinski definition) is 5.